The van der Waals surface area contributed by atoms with E-state index in [1.165, 1.54) is 58.7 Å². The van der Waals surface area contributed by atoms with Crippen molar-refractivity contribution in [2.45, 2.75) is 57.9 Å². The Balaban J connectivity index is 1.42. The molecule has 1 aliphatic rings. The van der Waals surface area contributed by atoms with Crippen LogP contribution in [0.1, 0.15) is 60.9 Å². The summed E-state index contributed by atoms with van der Waals surface area (Å²) in [4.78, 5) is 12.7. The van der Waals surface area contributed by atoms with E-state index in [9.17, 15) is 4.79 Å². The molecule has 28 heavy (non-hydrogen) atoms. The number of hydrogen-bond donors (Lipinski definition) is 1. The standard InChI is InChI=1S/C26H29NO/c1-2-25(23-15-14-19-8-3-4-10-22(19)18-23)27-26(28)17-16-21-12-7-11-20-9-5-6-13-24(20)21/h5-7,9,11-15,18,25H,2-4,8,10,16-17H2,1H3,(H,27,28). The highest BCUT2D eigenvalue weighted by Crippen LogP contribution is 2.26. The van der Waals surface area contributed by atoms with Crippen molar-refractivity contribution in [2.24, 2.45) is 0 Å². The highest BCUT2D eigenvalue weighted by molar-refractivity contribution is 5.86. The van der Waals surface area contributed by atoms with Crippen LogP contribution in [0.4, 0.5) is 0 Å². The van der Waals surface area contributed by atoms with Gasteiger partial charge in [0.05, 0.1) is 6.04 Å². The summed E-state index contributed by atoms with van der Waals surface area (Å²) in [7, 11) is 0. The third-order valence-corrected chi connectivity index (χ3v) is 6.02. The minimum absolute atomic E-state index is 0.104. The fourth-order valence-corrected chi connectivity index (χ4v) is 4.42. The number of fused-ring (bicyclic) bond motifs is 2. The Hall–Kier alpha value is -2.61. The molecule has 0 fully saturated rings. The summed E-state index contributed by atoms with van der Waals surface area (Å²) < 4.78 is 0. The molecule has 0 aliphatic heterocycles. The van der Waals surface area contributed by atoms with Gasteiger partial charge in [-0.1, -0.05) is 67.6 Å². The van der Waals surface area contributed by atoms with Crippen LogP contribution in [0.25, 0.3) is 10.8 Å². The Kier molecular flexibility index (Phi) is 5.76. The zero-order chi connectivity index (χ0) is 19.3. The molecule has 3 aromatic carbocycles. The van der Waals surface area contributed by atoms with Crippen molar-refractivity contribution in [2.75, 3.05) is 0 Å². The largest absolute Gasteiger partial charge is 0.349 e. The number of amides is 1. The lowest BCUT2D eigenvalue weighted by atomic mass is 9.88. The average molecular weight is 372 g/mol. The minimum atomic E-state index is 0.104. The second-order valence-electron chi connectivity index (χ2n) is 7.90. The molecule has 3 aromatic rings. The number of hydrogen-bond acceptors (Lipinski definition) is 1. The van der Waals surface area contributed by atoms with E-state index in [2.05, 4.69) is 72.9 Å². The van der Waals surface area contributed by atoms with E-state index in [0.717, 1.165) is 12.8 Å². The van der Waals surface area contributed by atoms with Crippen molar-refractivity contribution in [3.63, 3.8) is 0 Å². The summed E-state index contributed by atoms with van der Waals surface area (Å²) in [6, 6.07) is 21.7. The molecule has 0 heterocycles. The van der Waals surface area contributed by atoms with Crippen molar-refractivity contribution >= 4 is 16.7 Å². The van der Waals surface area contributed by atoms with Gasteiger partial charge in [0.15, 0.2) is 0 Å². The van der Waals surface area contributed by atoms with Crippen molar-refractivity contribution in [1.29, 1.82) is 0 Å². The van der Waals surface area contributed by atoms with Gasteiger partial charge in [-0.3, -0.25) is 4.79 Å². The van der Waals surface area contributed by atoms with Crippen LogP contribution in [0, 0.1) is 0 Å². The molecule has 1 atom stereocenters. The van der Waals surface area contributed by atoms with E-state index in [0.29, 0.717) is 6.42 Å². The molecule has 0 aromatic heterocycles. The van der Waals surface area contributed by atoms with Crippen LogP contribution in [-0.2, 0) is 24.1 Å². The lowest BCUT2D eigenvalue weighted by molar-refractivity contribution is -0.121. The minimum Gasteiger partial charge on any atom is -0.349 e. The SMILES string of the molecule is CCC(NC(=O)CCc1cccc2ccccc12)c1ccc2c(c1)CCCC2. The molecule has 0 saturated carbocycles. The first kappa shape index (κ1) is 18.7. The van der Waals surface area contributed by atoms with Crippen LogP contribution in [0.15, 0.2) is 60.7 Å². The Labute approximate surface area is 168 Å². The Morgan fingerprint density at radius 1 is 0.964 bits per heavy atom. The topological polar surface area (TPSA) is 29.1 Å². The van der Waals surface area contributed by atoms with Gasteiger partial charge in [0.1, 0.15) is 0 Å². The van der Waals surface area contributed by atoms with Gasteiger partial charge in [-0.05, 0) is 71.6 Å². The molecule has 1 amide bonds. The molecule has 0 bridgehead atoms. The molecule has 0 saturated heterocycles. The van der Waals surface area contributed by atoms with Gasteiger partial charge < -0.3 is 5.32 Å². The quantitative estimate of drug-likeness (QED) is 0.572. The molecule has 1 N–H and O–H groups in total. The van der Waals surface area contributed by atoms with Gasteiger partial charge >= 0.3 is 0 Å². The van der Waals surface area contributed by atoms with Crippen LogP contribution >= 0.6 is 0 Å². The summed E-state index contributed by atoms with van der Waals surface area (Å²) in [5.41, 5.74) is 5.47. The first-order valence-electron chi connectivity index (χ1n) is 10.6. The van der Waals surface area contributed by atoms with Crippen molar-refractivity contribution in [3.05, 3.63) is 82.9 Å². The van der Waals surface area contributed by atoms with E-state index < -0.39 is 0 Å². The summed E-state index contributed by atoms with van der Waals surface area (Å²) in [5, 5.41) is 5.76. The molecule has 144 valence electrons. The van der Waals surface area contributed by atoms with Crippen molar-refractivity contribution in [1.82, 2.24) is 5.32 Å². The maximum absolute atomic E-state index is 12.7. The third kappa shape index (κ3) is 4.11. The van der Waals surface area contributed by atoms with Crippen molar-refractivity contribution in [3.8, 4) is 0 Å². The van der Waals surface area contributed by atoms with E-state index in [1.807, 2.05) is 0 Å². The number of rotatable bonds is 6. The third-order valence-electron chi connectivity index (χ3n) is 6.02. The summed E-state index contributed by atoms with van der Waals surface area (Å²) in [5.74, 6) is 0.137. The number of benzene rings is 3. The smallest absolute Gasteiger partial charge is 0.220 e. The Morgan fingerprint density at radius 2 is 1.75 bits per heavy atom. The van der Waals surface area contributed by atoms with Crippen LogP contribution in [0.3, 0.4) is 0 Å². The first-order valence-corrected chi connectivity index (χ1v) is 10.6. The van der Waals surface area contributed by atoms with Gasteiger partial charge in [-0.2, -0.15) is 0 Å². The molecular weight excluding hydrogens is 342 g/mol. The molecule has 4 rings (SSSR count). The lowest BCUT2D eigenvalue weighted by Gasteiger charge is -2.22. The van der Waals surface area contributed by atoms with Crippen LogP contribution in [-0.4, -0.2) is 5.91 Å². The first-order chi connectivity index (χ1) is 13.7. The number of nitrogens with one attached hydrogen (secondary N) is 1. The monoisotopic (exact) mass is 371 g/mol. The predicted octanol–water partition coefficient (Wildman–Crippen LogP) is 5.92. The normalized spacial score (nSPS) is 14.5. The molecular formula is C26H29NO. The van der Waals surface area contributed by atoms with Gasteiger partial charge in [-0.25, -0.2) is 0 Å². The predicted molar refractivity (Wildman–Crippen MR) is 117 cm³/mol. The fourth-order valence-electron chi connectivity index (χ4n) is 4.42. The van der Waals surface area contributed by atoms with Crippen LogP contribution in [0.5, 0.6) is 0 Å². The fraction of sp³-hybridized carbons (Fsp3) is 0.346. The molecule has 1 aliphatic carbocycles. The number of carbonyl (C=O) groups excluding carboxylic acids is 1. The Morgan fingerprint density at radius 3 is 2.61 bits per heavy atom. The van der Waals surface area contributed by atoms with E-state index in [1.54, 1.807) is 0 Å². The Bertz CT molecular complexity index is 970. The van der Waals surface area contributed by atoms with E-state index >= 15 is 0 Å². The van der Waals surface area contributed by atoms with Gasteiger partial charge in [0.2, 0.25) is 5.91 Å². The molecule has 0 radical (unpaired) electrons. The summed E-state index contributed by atoms with van der Waals surface area (Å²) in [6.45, 7) is 2.15. The number of aryl methyl sites for hydroxylation is 3. The second-order valence-corrected chi connectivity index (χ2v) is 7.90. The van der Waals surface area contributed by atoms with Gasteiger partial charge in [0.25, 0.3) is 0 Å². The second kappa shape index (κ2) is 8.60. The highest BCUT2D eigenvalue weighted by Gasteiger charge is 2.16. The molecule has 1 unspecified atom stereocenters. The maximum Gasteiger partial charge on any atom is 0.220 e. The van der Waals surface area contributed by atoms with Gasteiger partial charge in [-0.15, -0.1) is 0 Å². The summed E-state index contributed by atoms with van der Waals surface area (Å²) in [6.07, 6.45) is 7.17. The maximum atomic E-state index is 12.7. The molecule has 0 spiro atoms. The van der Waals surface area contributed by atoms with Gasteiger partial charge in [0, 0.05) is 6.42 Å². The van der Waals surface area contributed by atoms with Crippen LogP contribution in [0.2, 0.25) is 0 Å². The van der Waals surface area contributed by atoms with Crippen LogP contribution < -0.4 is 5.32 Å². The zero-order valence-corrected chi connectivity index (χ0v) is 16.7. The molecule has 2 heteroatoms. The van der Waals surface area contributed by atoms with E-state index in [4.69, 9.17) is 0 Å². The lowest BCUT2D eigenvalue weighted by Crippen LogP contribution is -2.28. The number of carbonyl (C=O) groups is 1. The van der Waals surface area contributed by atoms with E-state index in [-0.39, 0.29) is 11.9 Å². The zero-order valence-electron chi connectivity index (χ0n) is 16.7. The summed E-state index contributed by atoms with van der Waals surface area (Å²) >= 11 is 0. The van der Waals surface area contributed by atoms with Crippen molar-refractivity contribution < 1.29 is 4.79 Å². The molecule has 2 nitrogen and oxygen atoms in total. The highest BCUT2D eigenvalue weighted by atomic mass is 16.1. The average Bonchev–Trinajstić information content (AvgIpc) is 2.75.